The fourth-order valence-electron chi connectivity index (χ4n) is 2.72. The summed E-state index contributed by atoms with van der Waals surface area (Å²) >= 11 is 0. The van der Waals surface area contributed by atoms with Gasteiger partial charge in [0.25, 0.3) is 5.69 Å². The molecule has 0 aliphatic rings. The first kappa shape index (κ1) is 26.5. The standard InChI is InChI=1S/C20H30N2O8S/c1-7-29-18(23)13-21(17(12-14(2)3)19(24)30-20(4,5)6)31(27,28)16-10-8-15(9-11-16)22(25)26/h8-11,14,17H,7,12-13H2,1-6H3. The minimum atomic E-state index is -4.39. The van der Waals surface area contributed by atoms with Crippen LogP contribution in [0.1, 0.15) is 48.0 Å². The molecule has 174 valence electrons. The molecule has 0 saturated carbocycles. The van der Waals surface area contributed by atoms with Crippen molar-refractivity contribution in [1.29, 1.82) is 0 Å². The van der Waals surface area contributed by atoms with E-state index in [0.717, 1.165) is 28.6 Å². The molecule has 11 heteroatoms. The quantitative estimate of drug-likeness (QED) is 0.297. The molecule has 0 heterocycles. The maximum atomic E-state index is 13.4. The van der Waals surface area contributed by atoms with Crippen LogP contribution in [-0.4, -0.2) is 54.4 Å². The van der Waals surface area contributed by atoms with Gasteiger partial charge in [-0.25, -0.2) is 8.42 Å². The summed E-state index contributed by atoms with van der Waals surface area (Å²) in [7, 11) is -4.39. The Hall–Kier alpha value is -2.53. The van der Waals surface area contributed by atoms with E-state index < -0.39 is 45.1 Å². The third-order valence-electron chi connectivity index (χ3n) is 3.97. The van der Waals surface area contributed by atoms with Crippen molar-refractivity contribution in [2.24, 2.45) is 5.92 Å². The molecule has 1 unspecified atom stereocenters. The second-order valence-electron chi connectivity index (χ2n) is 8.29. The highest BCUT2D eigenvalue weighted by atomic mass is 32.2. The van der Waals surface area contributed by atoms with E-state index in [0.29, 0.717) is 0 Å². The van der Waals surface area contributed by atoms with Crippen LogP contribution in [0.3, 0.4) is 0 Å². The second kappa shape index (κ2) is 10.7. The third-order valence-corrected chi connectivity index (χ3v) is 5.83. The Kier molecular flexibility index (Phi) is 9.12. The molecule has 0 aliphatic carbocycles. The Morgan fingerprint density at radius 3 is 2.13 bits per heavy atom. The van der Waals surface area contributed by atoms with Crippen LogP contribution in [0.2, 0.25) is 0 Å². The molecule has 1 aromatic carbocycles. The van der Waals surface area contributed by atoms with Gasteiger partial charge in [0, 0.05) is 12.1 Å². The minimum absolute atomic E-state index is 0.0333. The number of hydrogen-bond donors (Lipinski definition) is 0. The number of non-ortho nitro benzene ring substituents is 1. The van der Waals surface area contributed by atoms with Crippen LogP contribution in [0.15, 0.2) is 29.2 Å². The number of nitro groups is 1. The van der Waals surface area contributed by atoms with Gasteiger partial charge in [0.2, 0.25) is 10.0 Å². The number of carbonyl (C=O) groups excluding carboxylic acids is 2. The number of carbonyl (C=O) groups is 2. The van der Waals surface area contributed by atoms with Crippen molar-refractivity contribution in [3.8, 4) is 0 Å². The highest BCUT2D eigenvalue weighted by Gasteiger charge is 2.40. The molecule has 0 fully saturated rings. The Balaban J connectivity index is 3.50. The third kappa shape index (κ3) is 7.91. The molecule has 0 aliphatic heterocycles. The van der Waals surface area contributed by atoms with E-state index in [4.69, 9.17) is 9.47 Å². The van der Waals surface area contributed by atoms with Crippen LogP contribution in [0, 0.1) is 16.0 Å². The molecule has 10 nitrogen and oxygen atoms in total. The first-order valence-corrected chi connectivity index (χ1v) is 11.3. The van der Waals surface area contributed by atoms with Gasteiger partial charge in [-0.1, -0.05) is 13.8 Å². The number of ether oxygens (including phenoxy) is 2. The van der Waals surface area contributed by atoms with Crippen LogP contribution in [0.25, 0.3) is 0 Å². The van der Waals surface area contributed by atoms with Crippen molar-refractivity contribution in [3.05, 3.63) is 34.4 Å². The SMILES string of the molecule is CCOC(=O)CN(C(CC(C)C)C(=O)OC(C)(C)C)S(=O)(=O)c1ccc([N+](=O)[O-])cc1. The summed E-state index contributed by atoms with van der Waals surface area (Å²) in [5.41, 5.74) is -1.17. The summed E-state index contributed by atoms with van der Waals surface area (Å²) < 4.78 is 37.8. The topological polar surface area (TPSA) is 133 Å². The van der Waals surface area contributed by atoms with Gasteiger partial charge in [-0.3, -0.25) is 19.7 Å². The first-order chi connectivity index (χ1) is 14.2. The zero-order chi connectivity index (χ0) is 24.0. The van der Waals surface area contributed by atoms with Gasteiger partial charge in [0.15, 0.2) is 0 Å². The number of nitrogens with zero attached hydrogens (tertiary/aromatic N) is 2. The molecule has 1 atom stereocenters. The van der Waals surface area contributed by atoms with Crippen molar-refractivity contribution in [3.63, 3.8) is 0 Å². The summed E-state index contributed by atoms with van der Waals surface area (Å²) in [5, 5.41) is 10.9. The van der Waals surface area contributed by atoms with Gasteiger partial charge in [-0.05, 0) is 52.2 Å². The van der Waals surface area contributed by atoms with Gasteiger partial charge in [-0.15, -0.1) is 0 Å². The Bertz CT molecular complexity index is 889. The minimum Gasteiger partial charge on any atom is -0.465 e. The van der Waals surface area contributed by atoms with Crippen molar-refractivity contribution in [1.82, 2.24) is 4.31 Å². The average molecular weight is 459 g/mol. The van der Waals surface area contributed by atoms with Crippen LogP contribution in [0.4, 0.5) is 5.69 Å². The lowest BCUT2D eigenvalue weighted by Crippen LogP contribution is -2.50. The number of esters is 2. The average Bonchev–Trinajstić information content (AvgIpc) is 2.63. The summed E-state index contributed by atoms with van der Waals surface area (Å²) in [6.45, 7) is 9.46. The Morgan fingerprint density at radius 2 is 1.71 bits per heavy atom. The summed E-state index contributed by atoms with van der Waals surface area (Å²) in [4.78, 5) is 35.1. The van der Waals surface area contributed by atoms with Crippen molar-refractivity contribution in [2.75, 3.05) is 13.2 Å². The Morgan fingerprint density at radius 1 is 1.16 bits per heavy atom. The normalized spacial score (nSPS) is 13.2. The molecular weight excluding hydrogens is 428 g/mol. The molecule has 0 bridgehead atoms. The summed E-state index contributed by atoms with van der Waals surface area (Å²) in [6, 6.07) is 2.92. The number of rotatable bonds is 10. The molecule has 0 saturated heterocycles. The number of hydrogen-bond acceptors (Lipinski definition) is 8. The van der Waals surface area contributed by atoms with E-state index in [9.17, 15) is 28.1 Å². The van der Waals surface area contributed by atoms with E-state index in [-0.39, 0.29) is 29.5 Å². The predicted molar refractivity (Wildman–Crippen MR) is 113 cm³/mol. The maximum Gasteiger partial charge on any atom is 0.325 e. The zero-order valence-electron chi connectivity index (χ0n) is 18.7. The van der Waals surface area contributed by atoms with Gasteiger partial charge in [0.05, 0.1) is 16.4 Å². The molecule has 0 N–H and O–H groups in total. The van der Waals surface area contributed by atoms with Gasteiger partial charge >= 0.3 is 11.9 Å². The van der Waals surface area contributed by atoms with Gasteiger partial charge in [-0.2, -0.15) is 4.31 Å². The van der Waals surface area contributed by atoms with Crippen LogP contribution in [-0.2, 0) is 29.1 Å². The van der Waals surface area contributed by atoms with Crippen molar-refractivity contribution >= 4 is 27.6 Å². The molecule has 31 heavy (non-hydrogen) atoms. The first-order valence-electron chi connectivity index (χ1n) is 9.83. The maximum absolute atomic E-state index is 13.4. The van der Waals surface area contributed by atoms with Crippen molar-refractivity contribution < 1.29 is 32.4 Å². The number of sulfonamides is 1. The van der Waals surface area contributed by atoms with E-state index in [1.807, 2.05) is 0 Å². The molecule has 1 rings (SSSR count). The van der Waals surface area contributed by atoms with Gasteiger partial charge in [0.1, 0.15) is 18.2 Å². The summed E-state index contributed by atoms with van der Waals surface area (Å²) in [5.74, 6) is -1.73. The molecule has 0 aromatic heterocycles. The smallest absolute Gasteiger partial charge is 0.325 e. The molecule has 0 radical (unpaired) electrons. The largest absolute Gasteiger partial charge is 0.465 e. The highest BCUT2D eigenvalue weighted by molar-refractivity contribution is 7.89. The fraction of sp³-hybridized carbons (Fsp3) is 0.600. The summed E-state index contributed by atoms with van der Waals surface area (Å²) in [6.07, 6.45) is 0.0977. The molecule has 1 aromatic rings. The molecule has 0 amide bonds. The van der Waals surface area contributed by atoms with Crippen LogP contribution in [0.5, 0.6) is 0 Å². The van der Waals surface area contributed by atoms with Crippen LogP contribution >= 0.6 is 0 Å². The monoisotopic (exact) mass is 458 g/mol. The zero-order valence-corrected chi connectivity index (χ0v) is 19.5. The molecule has 0 spiro atoms. The van der Waals surface area contributed by atoms with Crippen molar-refractivity contribution in [2.45, 2.75) is 64.5 Å². The van der Waals surface area contributed by atoms with E-state index >= 15 is 0 Å². The lowest BCUT2D eigenvalue weighted by atomic mass is 10.0. The van der Waals surface area contributed by atoms with E-state index in [1.165, 1.54) is 0 Å². The van der Waals surface area contributed by atoms with E-state index in [2.05, 4.69) is 0 Å². The Labute approximate surface area is 182 Å². The molecular formula is C20H30N2O8S. The predicted octanol–water partition coefficient (Wildman–Crippen LogP) is 2.91. The number of nitro benzene ring substituents is 1. The number of benzene rings is 1. The lowest BCUT2D eigenvalue weighted by molar-refractivity contribution is -0.384. The van der Waals surface area contributed by atoms with Crippen LogP contribution < -0.4 is 0 Å². The van der Waals surface area contributed by atoms with E-state index in [1.54, 1.807) is 41.5 Å². The van der Waals surface area contributed by atoms with Gasteiger partial charge < -0.3 is 9.47 Å². The second-order valence-corrected chi connectivity index (χ2v) is 10.2. The fourth-order valence-corrected chi connectivity index (χ4v) is 4.25. The highest BCUT2D eigenvalue weighted by Crippen LogP contribution is 2.26. The lowest BCUT2D eigenvalue weighted by Gasteiger charge is -2.32.